The highest BCUT2D eigenvalue weighted by molar-refractivity contribution is 7.91. The van der Waals surface area contributed by atoms with E-state index in [-0.39, 0.29) is 5.56 Å². The van der Waals surface area contributed by atoms with Crippen molar-refractivity contribution >= 4 is 15.8 Å². The summed E-state index contributed by atoms with van der Waals surface area (Å²) in [6.45, 7) is 0. The normalized spacial score (nSPS) is 11.5. The summed E-state index contributed by atoms with van der Waals surface area (Å²) in [4.78, 5) is 10.5. The molecule has 0 N–H and O–H groups in total. The fourth-order valence-electron chi connectivity index (χ4n) is 1.00. The van der Waals surface area contributed by atoms with Crippen molar-refractivity contribution in [3.8, 4) is 0 Å². The molecule has 0 aliphatic carbocycles. The van der Waals surface area contributed by atoms with Crippen molar-refractivity contribution in [2.75, 3.05) is 7.11 Å². The van der Waals surface area contributed by atoms with E-state index in [1.165, 1.54) is 0 Å². The Kier molecular flexibility index (Phi) is 3.58. The second-order valence-corrected chi connectivity index (χ2v) is 4.74. The average Bonchev–Trinajstić information content (AvgIpc) is 2.28. The lowest BCUT2D eigenvalue weighted by Crippen LogP contribution is -2.11. The standard InChI is InChI=1S/C9H8F2O4S/c1-15-8(12)6-2-4-7(5-3-6)16(13,14)9(10)11/h2-5,9H,1H3. The number of ether oxygens (including phenoxy) is 1. The Labute approximate surface area is 90.8 Å². The van der Waals surface area contributed by atoms with Gasteiger partial charge in [0.1, 0.15) is 0 Å². The Bertz CT molecular complexity index is 479. The van der Waals surface area contributed by atoms with Gasteiger partial charge in [-0.2, -0.15) is 8.78 Å². The van der Waals surface area contributed by atoms with Crippen molar-refractivity contribution in [2.24, 2.45) is 0 Å². The number of halogens is 2. The predicted molar refractivity (Wildman–Crippen MR) is 51.0 cm³/mol. The zero-order valence-electron chi connectivity index (χ0n) is 8.18. The van der Waals surface area contributed by atoms with E-state index in [4.69, 9.17) is 0 Å². The lowest BCUT2D eigenvalue weighted by Gasteiger charge is -2.03. The Morgan fingerprint density at radius 3 is 2.12 bits per heavy atom. The number of methoxy groups -OCH3 is 1. The van der Waals surface area contributed by atoms with Gasteiger partial charge in [0.05, 0.1) is 17.6 Å². The number of rotatable bonds is 3. The topological polar surface area (TPSA) is 60.4 Å². The van der Waals surface area contributed by atoms with Crippen LogP contribution in [0.25, 0.3) is 0 Å². The summed E-state index contributed by atoms with van der Waals surface area (Å²) in [5.41, 5.74) is 0.0933. The van der Waals surface area contributed by atoms with Crippen LogP contribution in [-0.2, 0) is 14.6 Å². The number of hydrogen-bond donors (Lipinski definition) is 0. The Morgan fingerprint density at radius 1 is 1.25 bits per heavy atom. The van der Waals surface area contributed by atoms with Crippen molar-refractivity contribution in [3.05, 3.63) is 29.8 Å². The van der Waals surface area contributed by atoms with E-state index in [9.17, 15) is 22.0 Å². The van der Waals surface area contributed by atoms with Gasteiger partial charge in [-0.05, 0) is 24.3 Å². The number of sulfone groups is 1. The summed E-state index contributed by atoms with van der Waals surface area (Å²) in [5, 5.41) is 0. The van der Waals surface area contributed by atoms with Crippen LogP contribution in [0.1, 0.15) is 10.4 Å². The lowest BCUT2D eigenvalue weighted by molar-refractivity contribution is 0.0600. The van der Waals surface area contributed by atoms with E-state index in [1.807, 2.05) is 0 Å². The molecule has 0 heterocycles. The van der Waals surface area contributed by atoms with Gasteiger partial charge in [-0.25, -0.2) is 13.2 Å². The smallest absolute Gasteiger partial charge is 0.341 e. The van der Waals surface area contributed by atoms with Crippen LogP contribution in [0.5, 0.6) is 0 Å². The molecule has 88 valence electrons. The van der Waals surface area contributed by atoms with Crippen molar-refractivity contribution < 1.29 is 26.7 Å². The number of benzene rings is 1. The van der Waals surface area contributed by atoms with Gasteiger partial charge in [-0.15, -0.1) is 0 Å². The first-order chi connectivity index (χ1) is 7.39. The van der Waals surface area contributed by atoms with Crippen LogP contribution in [0, 0.1) is 0 Å². The zero-order chi connectivity index (χ0) is 12.3. The second kappa shape index (κ2) is 4.56. The molecule has 7 heteroatoms. The zero-order valence-corrected chi connectivity index (χ0v) is 9.00. The molecule has 0 bridgehead atoms. The third-order valence-electron chi connectivity index (χ3n) is 1.84. The molecule has 1 rings (SSSR count). The van der Waals surface area contributed by atoms with Gasteiger partial charge in [-0.1, -0.05) is 0 Å². The van der Waals surface area contributed by atoms with Crippen molar-refractivity contribution in [1.82, 2.24) is 0 Å². The number of carbonyl (C=O) groups excluding carboxylic acids is 1. The molecule has 0 fully saturated rings. The van der Waals surface area contributed by atoms with E-state index in [1.54, 1.807) is 0 Å². The molecule has 0 aliphatic rings. The van der Waals surface area contributed by atoms with Crippen LogP contribution in [0.4, 0.5) is 8.78 Å². The second-order valence-electron chi connectivity index (χ2n) is 2.82. The minimum atomic E-state index is -4.61. The molecule has 4 nitrogen and oxygen atoms in total. The molecule has 0 aliphatic heterocycles. The van der Waals surface area contributed by atoms with Crippen LogP contribution < -0.4 is 0 Å². The Morgan fingerprint density at radius 2 is 1.75 bits per heavy atom. The molecule has 0 saturated heterocycles. The maximum absolute atomic E-state index is 12.1. The maximum Gasteiger partial charge on any atom is 0.341 e. The van der Waals surface area contributed by atoms with Gasteiger partial charge >= 0.3 is 11.7 Å². The van der Waals surface area contributed by atoms with Gasteiger partial charge < -0.3 is 4.74 Å². The monoisotopic (exact) mass is 250 g/mol. The summed E-state index contributed by atoms with van der Waals surface area (Å²) in [6, 6.07) is 4.10. The summed E-state index contributed by atoms with van der Waals surface area (Å²) >= 11 is 0. The van der Waals surface area contributed by atoms with Crippen molar-refractivity contribution in [1.29, 1.82) is 0 Å². The number of esters is 1. The third-order valence-corrected chi connectivity index (χ3v) is 3.24. The van der Waals surface area contributed by atoms with Crippen LogP contribution in [0.3, 0.4) is 0 Å². The number of carbonyl (C=O) groups is 1. The van der Waals surface area contributed by atoms with Gasteiger partial charge in [0.25, 0.3) is 0 Å². The van der Waals surface area contributed by atoms with Crippen LogP contribution in [0.15, 0.2) is 29.2 Å². The van der Waals surface area contributed by atoms with E-state index < -0.39 is 26.5 Å². The van der Waals surface area contributed by atoms with E-state index >= 15 is 0 Å². The quantitative estimate of drug-likeness (QED) is 0.762. The summed E-state index contributed by atoms with van der Waals surface area (Å²) in [6.07, 6.45) is 0. The minimum absolute atomic E-state index is 0.0933. The summed E-state index contributed by atoms with van der Waals surface area (Å²) in [5.74, 6) is -4.14. The summed E-state index contributed by atoms with van der Waals surface area (Å²) in [7, 11) is -3.45. The molecule has 1 aromatic rings. The molecule has 0 amide bonds. The lowest BCUT2D eigenvalue weighted by atomic mass is 10.2. The average molecular weight is 250 g/mol. The molecule has 0 spiro atoms. The first kappa shape index (κ1) is 12.6. The molecule has 0 unspecified atom stereocenters. The maximum atomic E-state index is 12.1. The summed E-state index contributed by atoms with van der Waals surface area (Å²) < 4.78 is 50.7. The van der Waals surface area contributed by atoms with Gasteiger partial charge in [0, 0.05) is 0 Å². The molecule has 0 atom stereocenters. The fourth-order valence-corrected chi connectivity index (χ4v) is 1.72. The Balaban J connectivity index is 3.10. The van der Waals surface area contributed by atoms with E-state index in [0.717, 1.165) is 31.4 Å². The van der Waals surface area contributed by atoms with Crippen LogP contribution in [-0.4, -0.2) is 27.3 Å². The Hall–Kier alpha value is -1.50. The highest BCUT2D eigenvalue weighted by Gasteiger charge is 2.26. The largest absolute Gasteiger partial charge is 0.465 e. The molecular formula is C9H8F2O4S. The molecule has 1 aromatic carbocycles. The molecule has 16 heavy (non-hydrogen) atoms. The minimum Gasteiger partial charge on any atom is -0.465 e. The molecule has 0 aromatic heterocycles. The highest BCUT2D eigenvalue weighted by atomic mass is 32.2. The van der Waals surface area contributed by atoms with Gasteiger partial charge in [0.2, 0.25) is 9.84 Å². The third kappa shape index (κ3) is 2.35. The van der Waals surface area contributed by atoms with E-state index in [0.29, 0.717) is 0 Å². The van der Waals surface area contributed by atoms with Crippen molar-refractivity contribution in [2.45, 2.75) is 10.7 Å². The number of hydrogen-bond acceptors (Lipinski definition) is 4. The SMILES string of the molecule is COC(=O)c1ccc(S(=O)(=O)C(F)F)cc1. The molecule has 0 radical (unpaired) electrons. The predicted octanol–water partition coefficient (Wildman–Crippen LogP) is 1.47. The first-order valence-corrected chi connectivity index (χ1v) is 5.64. The van der Waals surface area contributed by atoms with Crippen molar-refractivity contribution in [3.63, 3.8) is 0 Å². The first-order valence-electron chi connectivity index (χ1n) is 4.10. The van der Waals surface area contributed by atoms with Crippen LogP contribution >= 0.6 is 0 Å². The van der Waals surface area contributed by atoms with Crippen LogP contribution in [0.2, 0.25) is 0 Å². The molecule has 0 saturated carbocycles. The fraction of sp³-hybridized carbons (Fsp3) is 0.222. The number of alkyl halides is 2. The van der Waals surface area contributed by atoms with E-state index in [2.05, 4.69) is 4.74 Å². The van der Waals surface area contributed by atoms with Gasteiger partial charge in [-0.3, -0.25) is 0 Å². The highest BCUT2D eigenvalue weighted by Crippen LogP contribution is 2.18. The molecular weight excluding hydrogens is 242 g/mol. The van der Waals surface area contributed by atoms with Gasteiger partial charge in [0.15, 0.2) is 0 Å².